The summed E-state index contributed by atoms with van der Waals surface area (Å²) in [5.41, 5.74) is 1.40. The van der Waals surface area contributed by atoms with Crippen molar-refractivity contribution in [2.24, 2.45) is 0 Å². The second kappa shape index (κ2) is 9.57. The Labute approximate surface area is 170 Å². The zero-order valence-electron chi connectivity index (χ0n) is 15.1. The summed E-state index contributed by atoms with van der Waals surface area (Å²) >= 11 is 2.46. The molecule has 0 bridgehead atoms. The third kappa shape index (κ3) is 5.24. The average molecular weight is 416 g/mol. The number of benzene rings is 2. The summed E-state index contributed by atoms with van der Waals surface area (Å²) in [5.74, 6) is -0.740. The lowest BCUT2D eigenvalue weighted by atomic mass is 9.96. The molecule has 0 spiro atoms. The molecular formula is C20H18FN3O2S2. The molecule has 1 aromatic heterocycles. The lowest BCUT2D eigenvalue weighted by molar-refractivity contribution is -0.117. The normalized spacial score (nSPS) is 11.8. The highest BCUT2D eigenvalue weighted by Gasteiger charge is 2.20. The van der Waals surface area contributed by atoms with Crippen molar-refractivity contribution in [2.45, 2.75) is 23.6 Å². The van der Waals surface area contributed by atoms with Crippen LogP contribution in [0.5, 0.6) is 0 Å². The fourth-order valence-electron chi connectivity index (χ4n) is 2.62. The average Bonchev–Trinajstić information content (AvgIpc) is 3.15. The predicted octanol–water partition coefficient (Wildman–Crippen LogP) is 4.78. The van der Waals surface area contributed by atoms with E-state index >= 15 is 0 Å². The predicted molar refractivity (Wildman–Crippen MR) is 109 cm³/mol. The van der Waals surface area contributed by atoms with Crippen LogP contribution < -0.4 is 5.32 Å². The quantitative estimate of drug-likeness (QED) is 0.325. The number of hydrogen-bond donors (Lipinski definition) is 1. The smallest absolute Gasteiger partial charge is 0.233 e. The summed E-state index contributed by atoms with van der Waals surface area (Å²) in [6, 6.07) is 15.0. The van der Waals surface area contributed by atoms with Gasteiger partial charge in [-0.3, -0.25) is 14.9 Å². The topological polar surface area (TPSA) is 72.0 Å². The molecule has 0 unspecified atom stereocenters. The van der Waals surface area contributed by atoms with E-state index in [0.29, 0.717) is 21.5 Å². The number of hydrogen-bond acceptors (Lipinski definition) is 6. The van der Waals surface area contributed by atoms with Crippen molar-refractivity contribution in [3.63, 3.8) is 0 Å². The molecule has 0 aliphatic heterocycles. The molecule has 1 heterocycles. The number of nitrogens with zero attached hydrogens (tertiary/aromatic N) is 2. The van der Waals surface area contributed by atoms with Crippen LogP contribution in [-0.4, -0.2) is 27.6 Å². The Bertz CT molecular complexity index is 946. The maximum atomic E-state index is 12.9. The largest absolute Gasteiger partial charge is 0.300 e. The zero-order chi connectivity index (χ0) is 19.9. The van der Waals surface area contributed by atoms with Crippen LogP contribution in [-0.2, 0) is 4.79 Å². The number of anilines is 1. The zero-order valence-corrected chi connectivity index (χ0v) is 16.7. The van der Waals surface area contributed by atoms with Gasteiger partial charge in [0.1, 0.15) is 5.82 Å². The highest BCUT2D eigenvalue weighted by atomic mass is 32.2. The number of Topliss-reactive ketones (excluding diaryl/α,β-unsaturated/α-hetero) is 1. The fourth-order valence-corrected chi connectivity index (χ4v) is 4.26. The van der Waals surface area contributed by atoms with Gasteiger partial charge in [0.2, 0.25) is 11.0 Å². The molecule has 8 heteroatoms. The number of nitrogens with one attached hydrogen (secondary N) is 1. The van der Waals surface area contributed by atoms with Gasteiger partial charge in [0, 0.05) is 5.56 Å². The summed E-state index contributed by atoms with van der Waals surface area (Å²) in [7, 11) is 0. The Morgan fingerprint density at radius 1 is 1.11 bits per heavy atom. The van der Waals surface area contributed by atoms with Crippen LogP contribution in [0.1, 0.15) is 35.2 Å². The molecule has 3 rings (SSSR count). The first-order valence-corrected chi connectivity index (χ1v) is 10.5. The van der Waals surface area contributed by atoms with Crippen molar-refractivity contribution in [3.05, 3.63) is 71.5 Å². The summed E-state index contributed by atoms with van der Waals surface area (Å²) in [5, 5.41) is 11.2. The first-order valence-electron chi connectivity index (χ1n) is 8.67. The van der Waals surface area contributed by atoms with Gasteiger partial charge in [0.25, 0.3) is 0 Å². The Balaban J connectivity index is 1.57. The minimum Gasteiger partial charge on any atom is -0.300 e. The molecule has 1 atom stereocenters. The van der Waals surface area contributed by atoms with Crippen molar-refractivity contribution >= 4 is 39.9 Å². The molecule has 144 valence electrons. The van der Waals surface area contributed by atoms with Crippen LogP contribution in [0, 0.1) is 5.82 Å². The van der Waals surface area contributed by atoms with Gasteiger partial charge < -0.3 is 0 Å². The lowest BCUT2D eigenvalue weighted by Crippen LogP contribution is -2.20. The van der Waals surface area contributed by atoms with Gasteiger partial charge in [0.15, 0.2) is 10.1 Å². The van der Waals surface area contributed by atoms with Crippen LogP contribution in [0.3, 0.4) is 0 Å². The van der Waals surface area contributed by atoms with Crippen LogP contribution in [0.25, 0.3) is 0 Å². The van der Waals surface area contributed by atoms with E-state index in [2.05, 4.69) is 15.5 Å². The molecule has 0 radical (unpaired) electrons. The van der Waals surface area contributed by atoms with E-state index in [4.69, 9.17) is 0 Å². The maximum Gasteiger partial charge on any atom is 0.233 e. The Morgan fingerprint density at radius 2 is 1.82 bits per heavy atom. The van der Waals surface area contributed by atoms with Gasteiger partial charge in [-0.05, 0) is 36.2 Å². The van der Waals surface area contributed by atoms with Crippen molar-refractivity contribution in [1.82, 2.24) is 10.2 Å². The van der Waals surface area contributed by atoms with Gasteiger partial charge >= 0.3 is 0 Å². The van der Waals surface area contributed by atoms with Crippen LogP contribution in [0.4, 0.5) is 9.52 Å². The highest BCUT2D eigenvalue weighted by molar-refractivity contribution is 8.01. The van der Waals surface area contributed by atoms with E-state index in [0.717, 1.165) is 5.56 Å². The van der Waals surface area contributed by atoms with E-state index in [9.17, 15) is 14.0 Å². The van der Waals surface area contributed by atoms with E-state index in [1.54, 1.807) is 0 Å². The minimum atomic E-state index is -0.380. The van der Waals surface area contributed by atoms with Crippen LogP contribution in [0.2, 0.25) is 0 Å². The number of aromatic nitrogens is 2. The second-order valence-electron chi connectivity index (χ2n) is 5.95. The summed E-state index contributed by atoms with van der Waals surface area (Å²) < 4.78 is 13.5. The van der Waals surface area contributed by atoms with Crippen molar-refractivity contribution in [1.29, 1.82) is 0 Å². The molecule has 0 saturated carbocycles. The molecule has 0 aliphatic rings. The molecular weight excluding hydrogens is 397 g/mol. The molecule has 2 aromatic carbocycles. The number of rotatable bonds is 8. The van der Waals surface area contributed by atoms with Gasteiger partial charge in [-0.1, -0.05) is 60.4 Å². The first kappa shape index (κ1) is 20.2. The SMILES string of the molecule is CC[C@@H](C(=O)Nc1nnc(SCC(=O)c2ccc(F)cc2)s1)c1ccccc1. The number of carbonyl (C=O) groups excluding carboxylic acids is 2. The van der Waals surface area contributed by atoms with E-state index < -0.39 is 0 Å². The van der Waals surface area contributed by atoms with E-state index in [1.165, 1.54) is 47.4 Å². The van der Waals surface area contributed by atoms with E-state index in [-0.39, 0.29) is 29.2 Å². The lowest BCUT2D eigenvalue weighted by Gasteiger charge is -2.13. The molecule has 0 fully saturated rings. The van der Waals surface area contributed by atoms with E-state index in [1.807, 2.05) is 37.3 Å². The molecule has 3 aromatic rings. The molecule has 5 nitrogen and oxygen atoms in total. The third-order valence-corrected chi connectivity index (χ3v) is 6.03. The Morgan fingerprint density at radius 3 is 2.50 bits per heavy atom. The van der Waals surface area contributed by atoms with Crippen molar-refractivity contribution in [3.8, 4) is 0 Å². The molecule has 0 saturated heterocycles. The number of ketones is 1. The first-order chi connectivity index (χ1) is 13.6. The van der Waals surface area contributed by atoms with Gasteiger partial charge in [-0.25, -0.2) is 4.39 Å². The second-order valence-corrected chi connectivity index (χ2v) is 8.15. The van der Waals surface area contributed by atoms with Gasteiger partial charge in [0.05, 0.1) is 11.7 Å². The number of halogens is 1. The highest BCUT2D eigenvalue weighted by Crippen LogP contribution is 2.28. The van der Waals surface area contributed by atoms with Gasteiger partial charge in [-0.2, -0.15) is 0 Å². The minimum absolute atomic E-state index is 0.124. The molecule has 1 amide bonds. The van der Waals surface area contributed by atoms with Crippen LogP contribution in [0.15, 0.2) is 58.9 Å². The third-order valence-electron chi connectivity index (χ3n) is 4.06. The summed E-state index contributed by atoms with van der Waals surface area (Å²) in [4.78, 5) is 24.7. The summed E-state index contributed by atoms with van der Waals surface area (Å²) in [6.45, 7) is 1.96. The van der Waals surface area contributed by atoms with Crippen molar-refractivity contribution < 1.29 is 14.0 Å². The monoisotopic (exact) mass is 415 g/mol. The van der Waals surface area contributed by atoms with Crippen LogP contribution >= 0.6 is 23.1 Å². The molecule has 1 N–H and O–H groups in total. The standard InChI is InChI=1S/C20H18FN3O2S2/c1-2-16(13-6-4-3-5-7-13)18(26)22-19-23-24-20(28-19)27-12-17(25)14-8-10-15(21)11-9-14/h3-11,16H,2,12H2,1H3,(H,22,23,26)/t16-/m1/s1. The molecule has 28 heavy (non-hydrogen) atoms. The van der Waals surface area contributed by atoms with Crippen molar-refractivity contribution in [2.75, 3.05) is 11.1 Å². The fraction of sp³-hybridized carbons (Fsp3) is 0.200. The number of amides is 1. The van der Waals surface area contributed by atoms with Gasteiger partial charge in [-0.15, -0.1) is 10.2 Å². The Hall–Kier alpha value is -2.58. The molecule has 0 aliphatic carbocycles. The summed E-state index contributed by atoms with van der Waals surface area (Å²) in [6.07, 6.45) is 0.669. The number of carbonyl (C=O) groups is 2. The number of thioether (sulfide) groups is 1. The Kier molecular flexibility index (Phi) is 6.89. The maximum absolute atomic E-state index is 12.9.